The summed E-state index contributed by atoms with van der Waals surface area (Å²) >= 11 is 11.8. The molecule has 7 heteroatoms. The molecule has 3 rings (SSSR count). The molecule has 1 aromatic heterocycles. The highest BCUT2D eigenvalue weighted by atomic mass is 35.5. The van der Waals surface area contributed by atoms with Crippen LogP contribution in [0.15, 0.2) is 51.7 Å². The predicted octanol–water partition coefficient (Wildman–Crippen LogP) is 2.90. The number of benzene rings is 2. The zero-order valence-electron chi connectivity index (χ0n) is 12.0. The molecule has 0 amide bonds. The largest absolute Gasteiger partial charge is 0.546 e. The Balaban J connectivity index is 2.26. The SMILES string of the molecule is O=C([O-])COc1c(-c2ccc(Cl)cc2)oc2ccc(Cl)cc2c1=O. The molecular weight excluding hydrogens is 355 g/mol. The third-order valence-electron chi connectivity index (χ3n) is 3.25. The van der Waals surface area contributed by atoms with E-state index in [2.05, 4.69) is 0 Å². The van der Waals surface area contributed by atoms with Crippen molar-refractivity contribution in [2.75, 3.05) is 6.61 Å². The number of carbonyl (C=O) groups is 1. The Hall–Kier alpha value is -2.50. The van der Waals surface area contributed by atoms with Gasteiger partial charge >= 0.3 is 0 Å². The van der Waals surface area contributed by atoms with Crippen molar-refractivity contribution in [3.8, 4) is 17.1 Å². The van der Waals surface area contributed by atoms with Gasteiger partial charge in [0.25, 0.3) is 0 Å². The van der Waals surface area contributed by atoms with E-state index in [-0.39, 0.29) is 16.9 Å². The fraction of sp³-hybridized carbons (Fsp3) is 0.0588. The van der Waals surface area contributed by atoms with Gasteiger partial charge in [-0.3, -0.25) is 4.79 Å². The molecule has 0 radical (unpaired) electrons. The van der Waals surface area contributed by atoms with Crippen molar-refractivity contribution in [2.45, 2.75) is 0 Å². The Morgan fingerprint density at radius 1 is 1.08 bits per heavy atom. The second-order valence-corrected chi connectivity index (χ2v) is 5.77. The Labute approximate surface area is 146 Å². The van der Waals surface area contributed by atoms with Gasteiger partial charge in [-0.15, -0.1) is 0 Å². The maximum atomic E-state index is 12.7. The maximum Gasteiger partial charge on any atom is 0.235 e. The number of rotatable bonds is 4. The topological polar surface area (TPSA) is 79.6 Å². The molecule has 0 bridgehead atoms. The van der Waals surface area contributed by atoms with E-state index in [1.165, 1.54) is 6.07 Å². The van der Waals surface area contributed by atoms with Gasteiger partial charge in [0.15, 0.2) is 5.76 Å². The molecule has 0 aliphatic rings. The molecule has 0 saturated carbocycles. The molecule has 2 aromatic carbocycles. The first-order valence-corrected chi connectivity index (χ1v) is 7.56. The lowest BCUT2D eigenvalue weighted by molar-refractivity contribution is -0.307. The maximum absolute atomic E-state index is 12.7. The van der Waals surface area contributed by atoms with E-state index >= 15 is 0 Å². The fourth-order valence-corrected chi connectivity index (χ4v) is 2.50. The third-order valence-corrected chi connectivity index (χ3v) is 3.74. The first-order valence-electron chi connectivity index (χ1n) is 6.80. The van der Waals surface area contributed by atoms with E-state index in [1.807, 2.05) is 0 Å². The summed E-state index contributed by atoms with van der Waals surface area (Å²) in [4.78, 5) is 23.4. The summed E-state index contributed by atoms with van der Waals surface area (Å²) in [7, 11) is 0. The minimum Gasteiger partial charge on any atom is -0.546 e. The van der Waals surface area contributed by atoms with Crippen LogP contribution in [0.25, 0.3) is 22.3 Å². The van der Waals surface area contributed by atoms with Crippen LogP contribution in [0, 0.1) is 0 Å². The van der Waals surface area contributed by atoms with Crippen LogP contribution in [0.1, 0.15) is 0 Å². The average Bonchev–Trinajstić information content (AvgIpc) is 2.55. The zero-order chi connectivity index (χ0) is 17.3. The number of fused-ring (bicyclic) bond motifs is 1. The van der Waals surface area contributed by atoms with Gasteiger partial charge in [-0.25, -0.2) is 0 Å². The van der Waals surface area contributed by atoms with Crippen LogP contribution < -0.4 is 15.3 Å². The first kappa shape index (κ1) is 16.4. The summed E-state index contributed by atoms with van der Waals surface area (Å²) in [6.45, 7) is -0.780. The Kier molecular flexibility index (Phi) is 4.46. The van der Waals surface area contributed by atoms with Gasteiger partial charge in [-0.05, 0) is 42.5 Å². The molecule has 0 atom stereocenters. The van der Waals surface area contributed by atoms with E-state index < -0.39 is 18.0 Å². The van der Waals surface area contributed by atoms with Crippen LogP contribution in [-0.4, -0.2) is 12.6 Å². The van der Waals surface area contributed by atoms with Crippen LogP contribution in [0.2, 0.25) is 10.0 Å². The monoisotopic (exact) mass is 363 g/mol. The van der Waals surface area contributed by atoms with Crippen molar-refractivity contribution in [1.82, 2.24) is 0 Å². The van der Waals surface area contributed by atoms with Crippen molar-refractivity contribution >= 4 is 40.1 Å². The Bertz CT molecular complexity index is 977. The van der Waals surface area contributed by atoms with Crippen LogP contribution in [-0.2, 0) is 4.79 Å². The lowest BCUT2D eigenvalue weighted by Gasteiger charge is -2.12. The molecule has 0 aliphatic carbocycles. The van der Waals surface area contributed by atoms with Crippen molar-refractivity contribution in [2.24, 2.45) is 0 Å². The fourth-order valence-electron chi connectivity index (χ4n) is 2.20. The summed E-state index contributed by atoms with van der Waals surface area (Å²) in [6.07, 6.45) is 0. The van der Waals surface area contributed by atoms with Crippen molar-refractivity contribution in [3.63, 3.8) is 0 Å². The predicted molar refractivity (Wildman–Crippen MR) is 88.4 cm³/mol. The molecule has 3 aromatic rings. The molecule has 24 heavy (non-hydrogen) atoms. The van der Waals surface area contributed by atoms with Crippen LogP contribution in [0.3, 0.4) is 0 Å². The highest BCUT2D eigenvalue weighted by Gasteiger charge is 2.18. The van der Waals surface area contributed by atoms with E-state index in [1.54, 1.807) is 36.4 Å². The molecular formula is C17H9Cl2O5-. The number of carbonyl (C=O) groups excluding carboxylic acids is 1. The minimum absolute atomic E-state index is 0.104. The van der Waals surface area contributed by atoms with Gasteiger partial charge in [-0.1, -0.05) is 23.2 Å². The zero-order valence-corrected chi connectivity index (χ0v) is 13.6. The molecule has 5 nitrogen and oxygen atoms in total. The van der Waals surface area contributed by atoms with Crippen LogP contribution in [0.4, 0.5) is 0 Å². The number of ether oxygens (including phenoxy) is 1. The minimum atomic E-state index is -1.46. The average molecular weight is 364 g/mol. The number of aliphatic carboxylic acids is 1. The molecule has 122 valence electrons. The Morgan fingerprint density at radius 2 is 1.75 bits per heavy atom. The second-order valence-electron chi connectivity index (χ2n) is 4.90. The summed E-state index contributed by atoms with van der Waals surface area (Å²) in [5.41, 5.74) is 0.293. The molecule has 0 fully saturated rings. The van der Waals surface area contributed by atoms with E-state index in [4.69, 9.17) is 32.4 Å². The summed E-state index contributed by atoms with van der Waals surface area (Å²) < 4.78 is 10.9. The highest BCUT2D eigenvalue weighted by Crippen LogP contribution is 2.32. The molecule has 0 unspecified atom stereocenters. The summed E-state index contributed by atoms with van der Waals surface area (Å²) in [5.74, 6) is -1.58. The number of hydrogen-bond donors (Lipinski definition) is 0. The normalized spacial score (nSPS) is 10.8. The van der Waals surface area contributed by atoms with E-state index in [0.717, 1.165) is 0 Å². The third kappa shape index (κ3) is 3.22. The van der Waals surface area contributed by atoms with Gasteiger partial charge in [-0.2, -0.15) is 0 Å². The summed E-state index contributed by atoms with van der Waals surface area (Å²) in [5, 5.41) is 11.7. The lowest BCUT2D eigenvalue weighted by atomic mass is 10.1. The molecule has 0 aliphatic heterocycles. The van der Waals surface area contributed by atoms with Crippen molar-refractivity contribution in [1.29, 1.82) is 0 Å². The number of carboxylic acid groups (broad SMARTS) is 1. The Morgan fingerprint density at radius 3 is 2.42 bits per heavy atom. The number of halogens is 2. The standard InChI is InChI=1S/C17H10Cl2O5/c18-10-3-1-9(2-4-10)16-17(23-8-14(20)21)15(22)12-7-11(19)5-6-13(12)24-16/h1-7H,8H2,(H,20,21)/p-1. The molecule has 1 heterocycles. The first-order chi connectivity index (χ1) is 11.5. The smallest absolute Gasteiger partial charge is 0.235 e. The summed E-state index contributed by atoms with van der Waals surface area (Å²) in [6, 6.07) is 11.1. The molecule has 0 N–H and O–H groups in total. The number of carboxylic acids is 1. The van der Waals surface area contributed by atoms with Crippen LogP contribution in [0.5, 0.6) is 5.75 Å². The van der Waals surface area contributed by atoms with Gasteiger partial charge in [0.1, 0.15) is 12.2 Å². The van der Waals surface area contributed by atoms with E-state index in [0.29, 0.717) is 21.2 Å². The van der Waals surface area contributed by atoms with Gasteiger partial charge in [0, 0.05) is 15.6 Å². The molecule has 0 saturated heterocycles. The number of hydrogen-bond acceptors (Lipinski definition) is 5. The lowest BCUT2D eigenvalue weighted by Crippen LogP contribution is -2.30. The van der Waals surface area contributed by atoms with Crippen molar-refractivity contribution in [3.05, 3.63) is 62.7 Å². The highest BCUT2D eigenvalue weighted by molar-refractivity contribution is 6.31. The van der Waals surface area contributed by atoms with Gasteiger partial charge in [0.05, 0.1) is 11.4 Å². The van der Waals surface area contributed by atoms with Gasteiger partial charge < -0.3 is 19.1 Å². The quantitative estimate of drug-likeness (QED) is 0.711. The second kappa shape index (κ2) is 6.55. The van der Waals surface area contributed by atoms with Crippen LogP contribution >= 0.6 is 23.2 Å². The molecule has 0 spiro atoms. The van der Waals surface area contributed by atoms with Crippen molar-refractivity contribution < 1.29 is 19.1 Å². The van der Waals surface area contributed by atoms with E-state index in [9.17, 15) is 14.7 Å². The van der Waals surface area contributed by atoms with Gasteiger partial charge in [0.2, 0.25) is 11.2 Å².